The summed E-state index contributed by atoms with van der Waals surface area (Å²) < 4.78 is 11.1. The number of benzene rings is 1. The predicted octanol–water partition coefficient (Wildman–Crippen LogP) is 4.30. The van der Waals surface area contributed by atoms with Gasteiger partial charge in [0.25, 0.3) is 11.9 Å². The molecule has 3 rings (SSSR count). The second-order valence-corrected chi connectivity index (χ2v) is 5.41. The molecular weight excluding hydrogens is 304 g/mol. The highest BCUT2D eigenvalue weighted by Gasteiger charge is 2.22. The van der Waals surface area contributed by atoms with Gasteiger partial charge in [0.2, 0.25) is 0 Å². The van der Waals surface area contributed by atoms with Crippen LogP contribution >= 0.6 is 0 Å². The lowest BCUT2D eigenvalue weighted by Crippen LogP contribution is -2.29. The van der Waals surface area contributed by atoms with Crippen molar-refractivity contribution >= 4 is 5.91 Å². The first-order chi connectivity index (χ1) is 11.6. The van der Waals surface area contributed by atoms with E-state index < -0.39 is 0 Å². The molecule has 1 aromatic carbocycles. The van der Waals surface area contributed by atoms with Crippen molar-refractivity contribution in [2.45, 2.75) is 13.0 Å². The third kappa shape index (κ3) is 3.46. The van der Waals surface area contributed by atoms with Crippen molar-refractivity contribution in [1.29, 1.82) is 0 Å². The van der Waals surface area contributed by atoms with Gasteiger partial charge >= 0.3 is 0 Å². The van der Waals surface area contributed by atoms with Crippen molar-refractivity contribution in [1.82, 2.24) is 9.88 Å². The highest BCUT2D eigenvalue weighted by Crippen LogP contribution is 2.26. The lowest BCUT2D eigenvalue weighted by atomic mass is 10.1. The van der Waals surface area contributed by atoms with Crippen molar-refractivity contribution in [2.24, 2.45) is 0 Å². The molecule has 0 aliphatic heterocycles. The number of pyridine rings is 1. The van der Waals surface area contributed by atoms with Gasteiger partial charge in [0.15, 0.2) is 5.76 Å². The van der Waals surface area contributed by atoms with Crippen LogP contribution in [-0.4, -0.2) is 22.8 Å². The predicted molar refractivity (Wildman–Crippen MR) is 90.0 cm³/mol. The Morgan fingerprint density at radius 1 is 1.12 bits per heavy atom. The molecule has 0 saturated carbocycles. The Labute approximate surface area is 140 Å². The summed E-state index contributed by atoms with van der Waals surface area (Å²) in [4.78, 5) is 18.3. The molecule has 0 aliphatic carbocycles. The van der Waals surface area contributed by atoms with Crippen LogP contribution in [0.25, 0.3) is 0 Å². The molecule has 0 radical (unpaired) electrons. The molecule has 0 saturated heterocycles. The number of para-hydroxylation sites is 1. The first-order valence-corrected chi connectivity index (χ1v) is 7.65. The van der Waals surface area contributed by atoms with Gasteiger partial charge in [0.1, 0.15) is 5.75 Å². The van der Waals surface area contributed by atoms with Crippen LogP contribution in [0.1, 0.15) is 29.1 Å². The van der Waals surface area contributed by atoms with Crippen molar-refractivity contribution in [3.05, 3.63) is 78.3 Å². The second kappa shape index (κ2) is 7.00. The average molecular weight is 322 g/mol. The van der Waals surface area contributed by atoms with Crippen molar-refractivity contribution in [2.75, 3.05) is 7.05 Å². The number of amides is 1. The van der Waals surface area contributed by atoms with E-state index in [1.54, 1.807) is 36.5 Å². The molecule has 1 amide bonds. The number of nitrogens with zero attached hydrogens (tertiary/aromatic N) is 2. The number of hydrogen-bond acceptors (Lipinski definition) is 4. The number of carbonyl (C=O) groups excluding carboxylic acids is 1. The quantitative estimate of drug-likeness (QED) is 0.703. The molecule has 2 heterocycles. The highest BCUT2D eigenvalue weighted by atomic mass is 16.6. The fourth-order valence-electron chi connectivity index (χ4n) is 2.29. The SMILES string of the molecule is C[C@@H](c1cccnc1)N(C)C(=O)c1ccc(Oc2ccccc2)o1. The minimum atomic E-state index is -0.214. The molecular formula is C19H18N2O3. The van der Waals surface area contributed by atoms with E-state index in [2.05, 4.69) is 4.98 Å². The Morgan fingerprint density at radius 3 is 2.62 bits per heavy atom. The van der Waals surface area contributed by atoms with Gasteiger partial charge in [-0.25, -0.2) is 0 Å². The molecule has 1 atom stereocenters. The standard InChI is InChI=1S/C19H18N2O3/c1-14(15-7-6-12-20-13-15)21(2)19(22)17-10-11-18(24-17)23-16-8-4-3-5-9-16/h3-14H,1-2H3/t14-/m0/s1. The molecule has 122 valence electrons. The molecule has 2 aromatic heterocycles. The Balaban J connectivity index is 1.71. The summed E-state index contributed by atoms with van der Waals surface area (Å²) in [7, 11) is 1.74. The van der Waals surface area contributed by atoms with E-state index in [-0.39, 0.29) is 23.7 Å². The zero-order valence-corrected chi connectivity index (χ0v) is 13.5. The molecule has 0 spiro atoms. The van der Waals surface area contributed by atoms with Gasteiger partial charge in [0.05, 0.1) is 6.04 Å². The maximum atomic E-state index is 12.6. The fourth-order valence-corrected chi connectivity index (χ4v) is 2.29. The number of furan rings is 1. The number of hydrogen-bond donors (Lipinski definition) is 0. The first kappa shape index (κ1) is 15.8. The molecule has 0 N–H and O–H groups in total. The summed E-state index contributed by atoms with van der Waals surface area (Å²) in [6.45, 7) is 1.94. The Bertz CT molecular complexity index is 800. The van der Waals surface area contributed by atoms with Crippen LogP contribution in [0.4, 0.5) is 0 Å². The van der Waals surface area contributed by atoms with Crippen molar-refractivity contribution in [3.63, 3.8) is 0 Å². The second-order valence-electron chi connectivity index (χ2n) is 5.41. The number of aromatic nitrogens is 1. The van der Waals surface area contributed by atoms with Crippen LogP contribution in [0.15, 0.2) is 71.4 Å². The van der Waals surface area contributed by atoms with Gasteiger partial charge in [-0.15, -0.1) is 0 Å². The largest absolute Gasteiger partial charge is 0.426 e. The number of carbonyl (C=O) groups is 1. The molecule has 5 nitrogen and oxygen atoms in total. The van der Waals surface area contributed by atoms with Crippen LogP contribution in [-0.2, 0) is 0 Å². The Kier molecular flexibility index (Phi) is 4.61. The lowest BCUT2D eigenvalue weighted by Gasteiger charge is -2.24. The Morgan fingerprint density at radius 2 is 1.92 bits per heavy atom. The maximum absolute atomic E-state index is 12.6. The summed E-state index contributed by atoms with van der Waals surface area (Å²) in [6.07, 6.45) is 3.46. The number of ether oxygens (including phenoxy) is 1. The molecule has 0 aliphatic rings. The normalized spacial score (nSPS) is 11.8. The van der Waals surface area contributed by atoms with E-state index in [9.17, 15) is 4.79 Å². The summed E-state index contributed by atoms with van der Waals surface area (Å²) >= 11 is 0. The molecule has 5 heteroatoms. The van der Waals surface area contributed by atoms with Crippen molar-refractivity contribution < 1.29 is 13.9 Å². The topological polar surface area (TPSA) is 55.6 Å². The maximum Gasteiger partial charge on any atom is 0.290 e. The van der Waals surface area contributed by atoms with Crippen LogP contribution in [0.5, 0.6) is 11.7 Å². The minimum absolute atomic E-state index is 0.116. The van der Waals surface area contributed by atoms with E-state index in [4.69, 9.17) is 9.15 Å². The molecule has 0 fully saturated rings. The fraction of sp³-hybridized carbons (Fsp3) is 0.158. The van der Waals surface area contributed by atoms with Gasteiger partial charge in [-0.05, 0) is 36.8 Å². The molecule has 3 aromatic rings. The first-order valence-electron chi connectivity index (χ1n) is 7.65. The van der Waals surface area contributed by atoms with Crippen molar-refractivity contribution in [3.8, 4) is 11.7 Å². The van der Waals surface area contributed by atoms with E-state index in [1.807, 2.05) is 49.4 Å². The molecule has 0 bridgehead atoms. The van der Waals surface area contributed by atoms with Crippen LogP contribution < -0.4 is 4.74 Å². The highest BCUT2D eigenvalue weighted by molar-refractivity contribution is 5.91. The number of rotatable bonds is 5. The van der Waals surface area contributed by atoms with E-state index in [0.717, 1.165) is 5.56 Å². The zero-order chi connectivity index (χ0) is 16.9. The third-order valence-electron chi connectivity index (χ3n) is 3.82. The summed E-state index contributed by atoms with van der Waals surface area (Å²) in [5.41, 5.74) is 0.959. The van der Waals surface area contributed by atoms with Crippen LogP contribution in [0.2, 0.25) is 0 Å². The summed E-state index contributed by atoms with van der Waals surface area (Å²) in [5, 5.41) is 0. The minimum Gasteiger partial charge on any atom is -0.426 e. The van der Waals surface area contributed by atoms with Gasteiger partial charge in [-0.1, -0.05) is 24.3 Å². The van der Waals surface area contributed by atoms with E-state index in [1.165, 1.54) is 0 Å². The van der Waals surface area contributed by atoms with Crippen LogP contribution in [0, 0.1) is 0 Å². The van der Waals surface area contributed by atoms with Gasteiger partial charge in [-0.3, -0.25) is 9.78 Å². The van der Waals surface area contributed by atoms with Crippen LogP contribution in [0.3, 0.4) is 0 Å². The van der Waals surface area contributed by atoms with Gasteiger partial charge in [0, 0.05) is 25.5 Å². The monoisotopic (exact) mass is 322 g/mol. The van der Waals surface area contributed by atoms with E-state index >= 15 is 0 Å². The van der Waals surface area contributed by atoms with Gasteiger partial charge in [-0.2, -0.15) is 0 Å². The third-order valence-corrected chi connectivity index (χ3v) is 3.82. The smallest absolute Gasteiger partial charge is 0.290 e. The zero-order valence-electron chi connectivity index (χ0n) is 13.5. The van der Waals surface area contributed by atoms with E-state index in [0.29, 0.717) is 5.75 Å². The Hall–Kier alpha value is -3.08. The summed E-state index contributed by atoms with van der Waals surface area (Å²) in [6, 6.07) is 16.2. The van der Waals surface area contributed by atoms with Gasteiger partial charge < -0.3 is 14.1 Å². The molecule has 0 unspecified atom stereocenters. The average Bonchev–Trinajstić information content (AvgIpc) is 3.10. The molecule has 24 heavy (non-hydrogen) atoms. The summed E-state index contributed by atoms with van der Waals surface area (Å²) in [5.74, 6) is 0.961. The lowest BCUT2D eigenvalue weighted by molar-refractivity contribution is 0.0705.